The molecule has 6 nitrogen and oxygen atoms in total. The van der Waals surface area contributed by atoms with Crippen LogP contribution in [0.3, 0.4) is 0 Å². The van der Waals surface area contributed by atoms with E-state index in [4.69, 9.17) is 9.52 Å². The quantitative estimate of drug-likeness (QED) is 0.864. The molecule has 2 aromatic heterocycles. The zero-order valence-corrected chi connectivity index (χ0v) is 9.20. The Labute approximate surface area is 97.3 Å². The van der Waals surface area contributed by atoms with Crippen LogP contribution in [0.4, 0.5) is 0 Å². The van der Waals surface area contributed by atoms with E-state index in [9.17, 15) is 4.79 Å². The zero-order chi connectivity index (χ0) is 12.3. The largest absolute Gasteiger partial charge is 0.481 e. The molecule has 2 heterocycles. The van der Waals surface area contributed by atoms with Crippen LogP contribution in [0.2, 0.25) is 0 Å². The fourth-order valence-electron chi connectivity index (χ4n) is 1.39. The number of aromatic nitrogens is 3. The number of carboxylic acid groups (broad SMARTS) is 1. The van der Waals surface area contributed by atoms with Crippen molar-refractivity contribution >= 4 is 5.97 Å². The summed E-state index contributed by atoms with van der Waals surface area (Å²) >= 11 is 0. The summed E-state index contributed by atoms with van der Waals surface area (Å²) < 4.78 is 5.41. The van der Waals surface area contributed by atoms with Crippen LogP contribution < -0.4 is 0 Å². The number of carboxylic acids is 1. The third-order valence-electron chi connectivity index (χ3n) is 2.25. The molecule has 0 aliphatic heterocycles. The summed E-state index contributed by atoms with van der Waals surface area (Å²) in [5.41, 5.74) is 0.716. The molecule has 88 valence electrons. The number of hydrogen-bond donors (Lipinski definition) is 1. The molecule has 6 heteroatoms. The first-order chi connectivity index (χ1) is 8.16. The van der Waals surface area contributed by atoms with E-state index in [1.54, 1.807) is 31.5 Å². The van der Waals surface area contributed by atoms with Crippen LogP contribution in [-0.4, -0.2) is 26.3 Å². The van der Waals surface area contributed by atoms with Crippen molar-refractivity contribution in [3.8, 4) is 11.5 Å². The van der Waals surface area contributed by atoms with E-state index < -0.39 is 5.97 Å². The number of hydrogen-bond acceptors (Lipinski definition) is 5. The minimum Gasteiger partial charge on any atom is -0.481 e. The average Bonchev–Trinajstić information content (AvgIpc) is 2.78. The van der Waals surface area contributed by atoms with Gasteiger partial charge in [0.25, 0.3) is 0 Å². The van der Waals surface area contributed by atoms with Gasteiger partial charge in [0, 0.05) is 18.3 Å². The van der Waals surface area contributed by atoms with Gasteiger partial charge in [-0.3, -0.25) is 9.78 Å². The van der Waals surface area contributed by atoms with Crippen molar-refractivity contribution in [3.05, 3.63) is 30.4 Å². The highest BCUT2D eigenvalue weighted by atomic mass is 16.4. The number of rotatable bonds is 4. The van der Waals surface area contributed by atoms with Gasteiger partial charge >= 0.3 is 5.97 Å². The van der Waals surface area contributed by atoms with Crippen molar-refractivity contribution in [1.82, 2.24) is 15.2 Å². The smallest absolute Gasteiger partial charge is 0.304 e. The van der Waals surface area contributed by atoms with Crippen molar-refractivity contribution in [2.75, 3.05) is 0 Å². The van der Waals surface area contributed by atoms with Gasteiger partial charge in [-0.1, -0.05) is 6.92 Å². The molecule has 1 unspecified atom stereocenters. The van der Waals surface area contributed by atoms with Gasteiger partial charge in [0.2, 0.25) is 11.8 Å². The highest BCUT2D eigenvalue weighted by Gasteiger charge is 2.17. The lowest BCUT2D eigenvalue weighted by Gasteiger charge is -2.00. The van der Waals surface area contributed by atoms with Gasteiger partial charge in [-0.25, -0.2) is 0 Å². The van der Waals surface area contributed by atoms with Crippen LogP contribution in [0.5, 0.6) is 0 Å². The van der Waals surface area contributed by atoms with Gasteiger partial charge < -0.3 is 9.52 Å². The van der Waals surface area contributed by atoms with E-state index in [1.807, 2.05) is 0 Å². The van der Waals surface area contributed by atoms with Crippen molar-refractivity contribution in [2.45, 2.75) is 19.3 Å². The maximum absolute atomic E-state index is 10.6. The highest BCUT2D eigenvalue weighted by molar-refractivity contribution is 5.67. The van der Waals surface area contributed by atoms with Gasteiger partial charge in [0.1, 0.15) is 0 Å². The SMILES string of the molecule is CC(CC(=O)O)c1nnc(-c2cccnc2)o1. The maximum atomic E-state index is 10.6. The monoisotopic (exact) mass is 233 g/mol. The van der Waals surface area contributed by atoms with E-state index in [0.717, 1.165) is 0 Å². The van der Waals surface area contributed by atoms with E-state index in [1.165, 1.54) is 0 Å². The van der Waals surface area contributed by atoms with Crippen LogP contribution in [0.25, 0.3) is 11.5 Å². The van der Waals surface area contributed by atoms with Crippen molar-refractivity contribution in [1.29, 1.82) is 0 Å². The van der Waals surface area contributed by atoms with Crippen molar-refractivity contribution in [2.24, 2.45) is 0 Å². The standard InChI is InChI=1S/C11H11N3O3/c1-7(5-9(15)16)10-13-14-11(17-10)8-3-2-4-12-6-8/h2-4,6-7H,5H2,1H3,(H,15,16). The average molecular weight is 233 g/mol. The fraction of sp³-hybridized carbons (Fsp3) is 0.273. The first kappa shape index (κ1) is 11.3. The van der Waals surface area contributed by atoms with Gasteiger partial charge in [0.05, 0.1) is 12.0 Å². The molecule has 1 atom stereocenters. The normalized spacial score (nSPS) is 12.3. The Balaban J connectivity index is 2.19. The van der Waals surface area contributed by atoms with Crippen molar-refractivity contribution in [3.63, 3.8) is 0 Å². The molecule has 0 saturated heterocycles. The van der Waals surface area contributed by atoms with Gasteiger partial charge in [0.15, 0.2) is 0 Å². The second-order valence-corrected chi connectivity index (χ2v) is 3.69. The Bertz CT molecular complexity index is 510. The lowest BCUT2D eigenvalue weighted by Crippen LogP contribution is -2.02. The molecule has 0 fully saturated rings. The van der Waals surface area contributed by atoms with E-state index in [0.29, 0.717) is 17.3 Å². The van der Waals surface area contributed by atoms with E-state index in [-0.39, 0.29) is 12.3 Å². The minimum atomic E-state index is -0.890. The van der Waals surface area contributed by atoms with Crippen LogP contribution >= 0.6 is 0 Å². The number of nitrogens with zero attached hydrogens (tertiary/aromatic N) is 3. The molecular weight excluding hydrogens is 222 g/mol. The van der Waals surface area contributed by atoms with Crippen LogP contribution in [-0.2, 0) is 4.79 Å². The van der Waals surface area contributed by atoms with E-state index in [2.05, 4.69) is 15.2 Å². The molecule has 2 aromatic rings. The first-order valence-corrected chi connectivity index (χ1v) is 5.12. The molecule has 0 amide bonds. The Morgan fingerprint density at radius 1 is 1.53 bits per heavy atom. The molecule has 0 aliphatic rings. The molecule has 17 heavy (non-hydrogen) atoms. The third kappa shape index (κ3) is 2.66. The zero-order valence-electron chi connectivity index (χ0n) is 9.20. The summed E-state index contributed by atoms with van der Waals surface area (Å²) in [6.07, 6.45) is 3.22. The lowest BCUT2D eigenvalue weighted by molar-refractivity contribution is -0.137. The minimum absolute atomic E-state index is 0.0331. The van der Waals surface area contributed by atoms with Gasteiger partial charge in [-0.15, -0.1) is 10.2 Å². The maximum Gasteiger partial charge on any atom is 0.304 e. The van der Waals surface area contributed by atoms with E-state index >= 15 is 0 Å². The molecular formula is C11H11N3O3. The summed E-state index contributed by atoms with van der Waals surface area (Å²) in [4.78, 5) is 14.5. The summed E-state index contributed by atoms with van der Waals surface area (Å²) in [7, 11) is 0. The predicted molar refractivity (Wildman–Crippen MR) is 58.2 cm³/mol. The summed E-state index contributed by atoms with van der Waals surface area (Å²) in [5, 5.41) is 16.4. The summed E-state index contributed by atoms with van der Waals surface area (Å²) in [6, 6.07) is 3.56. The van der Waals surface area contributed by atoms with Crippen LogP contribution in [0.15, 0.2) is 28.9 Å². The van der Waals surface area contributed by atoms with Crippen LogP contribution in [0, 0.1) is 0 Å². The third-order valence-corrected chi connectivity index (χ3v) is 2.25. The Hall–Kier alpha value is -2.24. The second kappa shape index (κ2) is 4.73. The summed E-state index contributed by atoms with van der Waals surface area (Å²) in [6.45, 7) is 1.73. The molecule has 0 radical (unpaired) electrons. The molecule has 0 saturated carbocycles. The molecule has 2 rings (SSSR count). The van der Waals surface area contributed by atoms with Gasteiger partial charge in [-0.05, 0) is 12.1 Å². The molecule has 0 aromatic carbocycles. The fourth-order valence-corrected chi connectivity index (χ4v) is 1.39. The van der Waals surface area contributed by atoms with Crippen LogP contribution in [0.1, 0.15) is 25.2 Å². The Kier molecular flexibility index (Phi) is 3.13. The Morgan fingerprint density at radius 2 is 2.35 bits per heavy atom. The molecule has 0 bridgehead atoms. The molecule has 0 spiro atoms. The molecule has 0 aliphatic carbocycles. The predicted octanol–water partition coefficient (Wildman–Crippen LogP) is 1.71. The first-order valence-electron chi connectivity index (χ1n) is 5.12. The topological polar surface area (TPSA) is 89.1 Å². The van der Waals surface area contributed by atoms with Gasteiger partial charge in [-0.2, -0.15) is 0 Å². The summed E-state index contributed by atoms with van der Waals surface area (Å²) in [5.74, 6) is -0.513. The molecule has 1 N–H and O–H groups in total. The second-order valence-electron chi connectivity index (χ2n) is 3.69. The number of carbonyl (C=O) groups is 1. The number of aliphatic carboxylic acids is 1. The van der Waals surface area contributed by atoms with Crippen molar-refractivity contribution < 1.29 is 14.3 Å². The number of pyridine rings is 1. The highest BCUT2D eigenvalue weighted by Crippen LogP contribution is 2.22. The lowest BCUT2D eigenvalue weighted by atomic mass is 10.1. The Morgan fingerprint density at radius 3 is 3.00 bits per heavy atom.